The van der Waals surface area contributed by atoms with Gasteiger partial charge in [-0.25, -0.2) is 0 Å². The van der Waals surface area contributed by atoms with Crippen molar-refractivity contribution in [2.75, 3.05) is 6.54 Å². The largest absolute Gasteiger partial charge is 0.330 e. The van der Waals surface area contributed by atoms with E-state index in [2.05, 4.69) is 51.1 Å². The molecule has 0 fully saturated rings. The summed E-state index contributed by atoms with van der Waals surface area (Å²) in [6.07, 6.45) is 5.12. The van der Waals surface area contributed by atoms with Gasteiger partial charge in [0.2, 0.25) is 0 Å². The first-order valence-corrected chi connectivity index (χ1v) is 6.78. The fourth-order valence-electron chi connectivity index (χ4n) is 2.19. The van der Waals surface area contributed by atoms with E-state index >= 15 is 0 Å². The smallest absolute Gasteiger partial charge is 0.000824 e. The van der Waals surface area contributed by atoms with Crippen molar-refractivity contribution in [3.8, 4) is 0 Å². The van der Waals surface area contributed by atoms with Gasteiger partial charge in [-0.3, -0.25) is 0 Å². The molecule has 1 aromatic carbocycles. The van der Waals surface area contributed by atoms with Crippen LogP contribution in [0.3, 0.4) is 0 Å². The predicted octanol–water partition coefficient (Wildman–Crippen LogP) is 4.34. The van der Waals surface area contributed by atoms with E-state index in [4.69, 9.17) is 5.73 Å². The molecule has 0 aliphatic carbocycles. The monoisotopic (exact) mass is 233 g/mol. The molecule has 0 amide bonds. The van der Waals surface area contributed by atoms with Crippen LogP contribution in [0, 0.1) is 5.41 Å². The summed E-state index contributed by atoms with van der Waals surface area (Å²) in [5.41, 5.74) is 7.73. The maximum Gasteiger partial charge on any atom is -0.000824 e. The number of hydrogen-bond acceptors (Lipinski definition) is 1. The molecule has 0 spiro atoms. The van der Waals surface area contributed by atoms with Crippen molar-refractivity contribution in [2.45, 2.75) is 52.4 Å². The van der Waals surface area contributed by atoms with E-state index in [1.54, 1.807) is 0 Å². The summed E-state index contributed by atoms with van der Waals surface area (Å²) in [5, 5.41) is 0. The molecule has 0 aliphatic heterocycles. The molecule has 17 heavy (non-hydrogen) atoms. The zero-order chi connectivity index (χ0) is 12.7. The second kappa shape index (κ2) is 6.80. The van der Waals surface area contributed by atoms with Crippen LogP contribution in [-0.4, -0.2) is 6.54 Å². The highest BCUT2D eigenvalue weighted by atomic mass is 14.5. The van der Waals surface area contributed by atoms with E-state index in [1.165, 1.54) is 31.2 Å². The molecular formula is C16H27N. The molecule has 1 rings (SSSR count). The van der Waals surface area contributed by atoms with Crippen LogP contribution in [0.15, 0.2) is 30.3 Å². The minimum absolute atomic E-state index is 0.463. The van der Waals surface area contributed by atoms with E-state index in [1.807, 2.05) is 0 Å². The zero-order valence-electron chi connectivity index (χ0n) is 11.6. The topological polar surface area (TPSA) is 26.0 Å². The molecule has 96 valence electrons. The van der Waals surface area contributed by atoms with Gasteiger partial charge < -0.3 is 5.73 Å². The molecule has 1 aromatic rings. The van der Waals surface area contributed by atoms with E-state index in [-0.39, 0.29) is 0 Å². The zero-order valence-corrected chi connectivity index (χ0v) is 11.6. The molecule has 0 aliphatic rings. The summed E-state index contributed by atoms with van der Waals surface area (Å²) >= 11 is 0. The lowest BCUT2D eigenvalue weighted by Gasteiger charge is -2.19. The highest BCUT2D eigenvalue weighted by molar-refractivity contribution is 5.19. The van der Waals surface area contributed by atoms with E-state index in [0.717, 1.165) is 6.54 Å². The van der Waals surface area contributed by atoms with E-state index in [0.29, 0.717) is 11.3 Å². The van der Waals surface area contributed by atoms with Crippen molar-refractivity contribution >= 4 is 0 Å². The van der Waals surface area contributed by atoms with Gasteiger partial charge in [0.1, 0.15) is 0 Å². The molecule has 1 nitrogen and oxygen atoms in total. The first-order chi connectivity index (χ1) is 8.03. The van der Waals surface area contributed by atoms with Crippen LogP contribution >= 0.6 is 0 Å². The van der Waals surface area contributed by atoms with Crippen LogP contribution in [0.25, 0.3) is 0 Å². The molecule has 2 N–H and O–H groups in total. The highest BCUT2D eigenvalue weighted by Gasteiger charge is 2.12. The highest BCUT2D eigenvalue weighted by Crippen LogP contribution is 2.25. The van der Waals surface area contributed by atoms with Gasteiger partial charge >= 0.3 is 0 Å². The van der Waals surface area contributed by atoms with Crippen LogP contribution in [0.1, 0.15) is 57.9 Å². The first kappa shape index (κ1) is 14.2. The number of benzene rings is 1. The fourth-order valence-corrected chi connectivity index (χ4v) is 2.19. The molecule has 0 aromatic heterocycles. The van der Waals surface area contributed by atoms with Crippen LogP contribution in [0.4, 0.5) is 0 Å². The molecule has 0 saturated carbocycles. The summed E-state index contributed by atoms with van der Waals surface area (Å²) in [4.78, 5) is 0. The fraction of sp³-hybridized carbons (Fsp3) is 0.625. The average Bonchev–Trinajstić information content (AvgIpc) is 2.29. The summed E-state index contributed by atoms with van der Waals surface area (Å²) in [6, 6.07) is 10.7. The third kappa shape index (κ3) is 5.88. The first-order valence-electron chi connectivity index (χ1n) is 6.78. The van der Waals surface area contributed by atoms with E-state index in [9.17, 15) is 0 Å². The second-order valence-corrected chi connectivity index (χ2v) is 6.15. The van der Waals surface area contributed by atoms with Crippen molar-refractivity contribution in [3.05, 3.63) is 35.9 Å². The number of unbranched alkanes of at least 4 members (excludes halogenated alkanes) is 1. The number of rotatable bonds is 6. The molecule has 1 heteroatoms. The Morgan fingerprint density at radius 3 is 2.24 bits per heavy atom. The third-order valence-electron chi connectivity index (χ3n) is 3.28. The average molecular weight is 233 g/mol. The van der Waals surface area contributed by atoms with Gasteiger partial charge in [-0.1, -0.05) is 63.9 Å². The third-order valence-corrected chi connectivity index (χ3v) is 3.28. The molecule has 0 bridgehead atoms. The molecular weight excluding hydrogens is 206 g/mol. The maximum atomic E-state index is 5.87. The minimum Gasteiger partial charge on any atom is -0.330 e. The molecule has 0 heterocycles. The van der Waals surface area contributed by atoms with Gasteiger partial charge in [0.15, 0.2) is 0 Å². The summed E-state index contributed by atoms with van der Waals surface area (Å²) < 4.78 is 0. The van der Waals surface area contributed by atoms with Crippen LogP contribution in [0.2, 0.25) is 0 Å². The quantitative estimate of drug-likeness (QED) is 0.727. The Kier molecular flexibility index (Phi) is 5.70. The Morgan fingerprint density at radius 1 is 1.06 bits per heavy atom. The van der Waals surface area contributed by atoms with Gasteiger partial charge in [-0.15, -0.1) is 0 Å². The van der Waals surface area contributed by atoms with Gasteiger partial charge in [0, 0.05) is 0 Å². The normalized spacial score (nSPS) is 13.6. The van der Waals surface area contributed by atoms with Crippen molar-refractivity contribution in [3.63, 3.8) is 0 Å². The number of hydrogen-bond donors (Lipinski definition) is 1. The second-order valence-electron chi connectivity index (χ2n) is 6.15. The summed E-state index contributed by atoms with van der Waals surface area (Å²) in [7, 11) is 0. The summed E-state index contributed by atoms with van der Waals surface area (Å²) in [5.74, 6) is 0.538. The van der Waals surface area contributed by atoms with Crippen molar-refractivity contribution in [2.24, 2.45) is 11.1 Å². The minimum atomic E-state index is 0.463. The van der Waals surface area contributed by atoms with Gasteiger partial charge in [-0.05, 0) is 36.3 Å². The number of nitrogens with two attached hydrogens (primary N) is 1. The maximum absolute atomic E-state index is 5.87. The lowest BCUT2D eigenvalue weighted by atomic mass is 9.87. The van der Waals surface area contributed by atoms with Crippen molar-refractivity contribution in [1.82, 2.24) is 0 Å². The lowest BCUT2D eigenvalue weighted by Crippen LogP contribution is -2.13. The SMILES string of the molecule is CC(C)(C)CCCCC(CN)c1ccccc1. The van der Waals surface area contributed by atoms with Crippen LogP contribution < -0.4 is 5.73 Å². The molecule has 0 radical (unpaired) electrons. The Hall–Kier alpha value is -0.820. The lowest BCUT2D eigenvalue weighted by molar-refractivity contribution is 0.354. The van der Waals surface area contributed by atoms with Crippen molar-refractivity contribution < 1.29 is 0 Å². The summed E-state index contributed by atoms with van der Waals surface area (Å²) in [6.45, 7) is 7.69. The van der Waals surface area contributed by atoms with Crippen LogP contribution in [-0.2, 0) is 0 Å². The van der Waals surface area contributed by atoms with Gasteiger partial charge in [0.25, 0.3) is 0 Å². The Labute approximate surface area is 106 Å². The molecule has 0 saturated heterocycles. The Balaban J connectivity index is 2.34. The Morgan fingerprint density at radius 2 is 1.71 bits per heavy atom. The Bertz CT molecular complexity index is 297. The van der Waals surface area contributed by atoms with E-state index < -0.39 is 0 Å². The standard InChI is InChI=1S/C16H27N/c1-16(2,3)12-8-7-11-15(13-17)14-9-5-4-6-10-14/h4-6,9-10,15H,7-8,11-13,17H2,1-3H3. The van der Waals surface area contributed by atoms with Crippen molar-refractivity contribution in [1.29, 1.82) is 0 Å². The predicted molar refractivity (Wildman–Crippen MR) is 76.2 cm³/mol. The molecule has 1 unspecified atom stereocenters. The molecule has 1 atom stereocenters. The van der Waals surface area contributed by atoms with Gasteiger partial charge in [-0.2, -0.15) is 0 Å². The van der Waals surface area contributed by atoms with Gasteiger partial charge in [0.05, 0.1) is 0 Å². The van der Waals surface area contributed by atoms with Crippen LogP contribution in [0.5, 0.6) is 0 Å².